The lowest BCUT2D eigenvalue weighted by Gasteiger charge is -2.34. The van der Waals surface area contributed by atoms with Crippen LogP contribution in [0, 0.1) is 6.92 Å². The van der Waals surface area contributed by atoms with E-state index in [-0.39, 0.29) is 6.54 Å². The molecule has 1 amide bonds. The van der Waals surface area contributed by atoms with Gasteiger partial charge in [0.15, 0.2) is 6.10 Å². The van der Waals surface area contributed by atoms with E-state index < -0.39 is 22.0 Å². The lowest BCUT2D eigenvalue weighted by molar-refractivity contribution is -0.122. The Morgan fingerprint density at radius 1 is 1.15 bits per heavy atom. The fourth-order valence-electron chi connectivity index (χ4n) is 3.53. The van der Waals surface area contributed by atoms with Crippen LogP contribution in [0.15, 0.2) is 71.6 Å². The van der Waals surface area contributed by atoms with E-state index in [2.05, 4.69) is 17.4 Å². The monoisotopic (exact) mass is 502 g/mol. The molecule has 0 fully saturated rings. The number of nitrogens with one attached hydrogen (secondary N) is 1. The van der Waals surface area contributed by atoms with E-state index in [4.69, 9.17) is 16.3 Å². The lowest BCUT2D eigenvalue weighted by Crippen LogP contribution is -2.48. The maximum absolute atomic E-state index is 13.0. The molecule has 1 atom stereocenters. The minimum atomic E-state index is -3.63. The average molecular weight is 503 g/mol. The summed E-state index contributed by atoms with van der Waals surface area (Å²) in [7, 11) is -3.63. The van der Waals surface area contributed by atoms with Crippen molar-refractivity contribution in [1.82, 2.24) is 0 Å². The highest BCUT2D eigenvalue weighted by Gasteiger charge is 2.35. The highest BCUT2D eigenvalue weighted by atomic mass is 35.5. The molecular weight excluding hydrogens is 480 g/mol. The van der Waals surface area contributed by atoms with E-state index in [0.29, 0.717) is 22.1 Å². The summed E-state index contributed by atoms with van der Waals surface area (Å²) in [5, 5.41) is 3.26. The van der Waals surface area contributed by atoms with Crippen molar-refractivity contribution in [2.75, 3.05) is 22.4 Å². The summed E-state index contributed by atoms with van der Waals surface area (Å²) < 4.78 is 31.6. The molecule has 0 aliphatic carbocycles. The predicted molar refractivity (Wildman–Crippen MR) is 134 cm³/mol. The summed E-state index contributed by atoms with van der Waals surface area (Å²) in [6.07, 6.45) is 0.0926. The fourth-order valence-corrected chi connectivity index (χ4v) is 5.46. The number of amides is 1. The van der Waals surface area contributed by atoms with E-state index in [1.165, 1.54) is 11.0 Å². The first kappa shape index (κ1) is 23.5. The number of thioether (sulfide) groups is 1. The van der Waals surface area contributed by atoms with Gasteiger partial charge in [0.05, 0.1) is 18.5 Å². The van der Waals surface area contributed by atoms with Crippen LogP contribution in [-0.2, 0) is 20.6 Å². The van der Waals surface area contributed by atoms with E-state index in [0.717, 1.165) is 27.4 Å². The number of carbonyl (C=O) groups is 1. The van der Waals surface area contributed by atoms with Crippen LogP contribution in [0.2, 0.25) is 5.02 Å². The third kappa shape index (κ3) is 5.63. The van der Waals surface area contributed by atoms with Crippen LogP contribution in [0.4, 0.5) is 11.4 Å². The van der Waals surface area contributed by atoms with Crippen molar-refractivity contribution in [3.05, 3.63) is 82.9 Å². The number of halogens is 1. The topological polar surface area (TPSA) is 75.7 Å². The van der Waals surface area contributed by atoms with Gasteiger partial charge in [-0.2, -0.15) is 0 Å². The number of benzene rings is 3. The molecule has 0 aromatic heterocycles. The number of ether oxygens (including phenoxy) is 1. The Kier molecular flexibility index (Phi) is 6.88. The highest BCUT2D eigenvalue weighted by Crippen LogP contribution is 2.37. The van der Waals surface area contributed by atoms with E-state index in [1.807, 2.05) is 43.3 Å². The largest absolute Gasteiger partial charge is 0.476 e. The summed E-state index contributed by atoms with van der Waals surface area (Å²) in [4.78, 5) is 14.2. The van der Waals surface area contributed by atoms with Gasteiger partial charge in [-0.3, -0.25) is 9.10 Å². The molecule has 1 aliphatic heterocycles. The molecular formula is C24H23ClN2O4S2. The summed E-state index contributed by atoms with van der Waals surface area (Å²) in [5.41, 5.74) is 3.04. The third-order valence-corrected chi connectivity index (χ3v) is 7.65. The molecule has 6 nitrogen and oxygen atoms in total. The molecule has 3 aromatic carbocycles. The Hall–Kier alpha value is -2.68. The fraction of sp³-hybridized carbons (Fsp3) is 0.208. The summed E-state index contributed by atoms with van der Waals surface area (Å²) >= 11 is 7.77. The van der Waals surface area contributed by atoms with Crippen LogP contribution >= 0.6 is 23.4 Å². The molecule has 1 heterocycles. The predicted octanol–water partition coefficient (Wildman–Crippen LogP) is 5.11. The van der Waals surface area contributed by atoms with E-state index in [1.54, 1.807) is 23.9 Å². The number of hydrogen-bond acceptors (Lipinski definition) is 5. The van der Waals surface area contributed by atoms with Gasteiger partial charge in [0.25, 0.3) is 5.91 Å². The SMILES string of the molecule is Cc1cc(CSc2ccccc2)ccc1NC(=O)[C@H]1CN(S(C)(=O)=O)c2cc(Cl)ccc2O1. The zero-order valence-electron chi connectivity index (χ0n) is 18.1. The Balaban J connectivity index is 1.47. The van der Waals surface area contributed by atoms with Gasteiger partial charge in [-0.1, -0.05) is 41.9 Å². The minimum absolute atomic E-state index is 0.136. The molecule has 0 spiro atoms. The molecule has 0 saturated heterocycles. The first-order chi connectivity index (χ1) is 15.7. The summed E-state index contributed by atoms with van der Waals surface area (Å²) in [5.74, 6) is 0.688. The molecule has 1 N–H and O–H groups in total. The van der Waals surface area contributed by atoms with Gasteiger partial charge in [0.1, 0.15) is 5.75 Å². The molecule has 0 radical (unpaired) electrons. The van der Waals surface area contributed by atoms with Crippen LogP contribution in [-0.4, -0.2) is 33.2 Å². The van der Waals surface area contributed by atoms with Crippen LogP contribution in [0.1, 0.15) is 11.1 Å². The first-order valence-corrected chi connectivity index (χ1v) is 13.4. The summed E-state index contributed by atoms with van der Waals surface area (Å²) in [6, 6.07) is 20.7. The number of aryl methyl sites for hydroxylation is 1. The molecule has 4 rings (SSSR count). The number of fused-ring (bicyclic) bond motifs is 1. The number of sulfonamides is 1. The maximum Gasteiger partial charge on any atom is 0.267 e. The zero-order chi connectivity index (χ0) is 23.6. The number of rotatable bonds is 6. The van der Waals surface area contributed by atoms with Gasteiger partial charge in [-0.05, 0) is 54.4 Å². The van der Waals surface area contributed by atoms with E-state index >= 15 is 0 Å². The van der Waals surface area contributed by atoms with Crippen molar-refractivity contribution in [3.63, 3.8) is 0 Å². The minimum Gasteiger partial charge on any atom is -0.476 e. The highest BCUT2D eigenvalue weighted by molar-refractivity contribution is 7.98. The van der Waals surface area contributed by atoms with Gasteiger partial charge < -0.3 is 10.1 Å². The lowest BCUT2D eigenvalue weighted by atomic mass is 10.1. The van der Waals surface area contributed by atoms with Gasteiger partial charge in [-0.25, -0.2) is 8.42 Å². The first-order valence-electron chi connectivity index (χ1n) is 10.2. The number of hydrogen-bond donors (Lipinski definition) is 1. The molecule has 33 heavy (non-hydrogen) atoms. The number of nitrogens with zero attached hydrogens (tertiary/aromatic N) is 1. The maximum atomic E-state index is 13.0. The van der Waals surface area contributed by atoms with Crippen molar-refractivity contribution < 1.29 is 17.9 Å². The van der Waals surface area contributed by atoms with Crippen LogP contribution < -0.4 is 14.4 Å². The van der Waals surface area contributed by atoms with Gasteiger partial charge in [-0.15, -0.1) is 11.8 Å². The van der Waals surface area contributed by atoms with Crippen LogP contribution in [0.3, 0.4) is 0 Å². The van der Waals surface area contributed by atoms with Crippen molar-refractivity contribution >= 4 is 50.7 Å². The molecule has 0 bridgehead atoms. The smallest absolute Gasteiger partial charge is 0.267 e. The Bertz CT molecular complexity index is 1280. The number of carbonyl (C=O) groups excluding carboxylic acids is 1. The second-order valence-corrected chi connectivity index (χ2v) is 11.1. The summed E-state index contributed by atoms with van der Waals surface area (Å²) in [6.45, 7) is 1.79. The normalized spacial score (nSPS) is 15.5. The van der Waals surface area contributed by atoms with Crippen molar-refractivity contribution in [2.24, 2.45) is 0 Å². The second-order valence-electron chi connectivity index (χ2n) is 7.75. The molecule has 1 aliphatic rings. The molecule has 0 unspecified atom stereocenters. The second kappa shape index (κ2) is 9.67. The molecule has 3 aromatic rings. The van der Waals surface area contributed by atoms with Crippen molar-refractivity contribution in [1.29, 1.82) is 0 Å². The van der Waals surface area contributed by atoms with Gasteiger partial charge in [0.2, 0.25) is 10.0 Å². The average Bonchev–Trinajstić information content (AvgIpc) is 2.78. The van der Waals surface area contributed by atoms with E-state index in [9.17, 15) is 13.2 Å². The quantitative estimate of drug-likeness (QED) is 0.474. The third-order valence-electron chi connectivity index (χ3n) is 5.18. The van der Waals surface area contributed by atoms with Crippen molar-refractivity contribution in [2.45, 2.75) is 23.7 Å². The molecule has 172 valence electrons. The van der Waals surface area contributed by atoms with Crippen molar-refractivity contribution in [3.8, 4) is 5.75 Å². The standard InChI is InChI=1S/C24H23ClN2O4S2/c1-16-12-17(15-32-19-6-4-3-5-7-19)8-10-20(16)26-24(28)23-14-27(33(2,29)30)21-13-18(25)9-11-22(21)31-23/h3-13,23H,14-15H2,1-2H3,(H,26,28)/t23-/m1/s1. The Labute approximate surface area is 203 Å². The van der Waals surface area contributed by atoms with Gasteiger partial charge >= 0.3 is 0 Å². The Morgan fingerprint density at radius 2 is 1.91 bits per heavy atom. The molecule has 0 saturated carbocycles. The van der Waals surface area contributed by atoms with Gasteiger partial charge in [0, 0.05) is 21.4 Å². The van der Waals surface area contributed by atoms with Crippen LogP contribution in [0.5, 0.6) is 5.75 Å². The number of anilines is 2. The van der Waals surface area contributed by atoms with Crippen LogP contribution in [0.25, 0.3) is 0 Å². The molecule has 9 heteroatoms. The Morgan fingerprint density at radius 3 is 2.61 bits per heavy atom. The zero-order valence-corrected chi connectivity index (χ0v) is 20.5.